The van der Waals surface area contributed by atoms with E-state index >= 15 is 0 Å². The van der Waals surface area contributed by atoms with Gasteiger partial charge in [0.1, 0.15) is 10.6 Å². The van der Waals surface area contributed by atoms with Crippen molar-refractivity contribution in [2.75, 3.05) is 12.3 Å². The van der Waals surface area contributed by atoms with Gasteiger partial charge in [-0.2, -0.15) is 0 Å². The van der Waals surface area contributed by atoms with E-state index in [4.69, 9.17) is 15.6 Å². The number of nitrogens with two attached hydrogens (primary N) is 2. The Kier molecular flexibility index (Phi) is 4.31. The lowest BCUT2D eigenvalue weighted by atomic mass is 9.90. The van der Waals surface area contributed by atoms with Crippen molar-refractivity contribution in [1.29, 1.82) is 0 Å². The van der Waals surface area contributed by atoms with Crippen LogP contribution in [0.25, 0.3) is 0 Å². The van der Waals surface area contributed by atoms with Crippen molar-refractivity contribution in [1.82, 2.24) is 0 Å². The van der Waals surface area contributed by atoms with Crippen LogP contribution in [0.4, 0.5) is 5.69 Å². The summed E-state index contributed by atoms with van der Waals surface area (Å²) in [6.45, 7) is 0.661. The number of hydrogen-bond donors (Lipinski definition) is 2. The molecule has 0 heterocycles. The van der Waals surface area contributed by atoms with Crippen molar-refractivity contribution >= 4 is 15.7 Å². The number of sulfonamides is 1. The summed E-state index contributed by atoms with van der Waals surface area (Å²) in [5.74, 6) is 1.18. The first-order chi connectivity index (χ1) is 8.97. The molecule has 0 unspecified atom stereocenters. The molecule has 1 aliphatic carbocycles. The molecule has 0 amide bonds. The van der Waals surface area contributed by atoms with Crippen LogP contribution in [-0.2, 0) is 10.0 Å². The second-order valence-electron chi connectivity index (χ2n) is 5.06. The molecule has 1 aliphatic rings. The SMILES string of the molecule is Nc1cc(OCC2CCCCC2)ccc1S(N)(=O)=O. The topological polar surface area (TPSA) is 95.4 Å². The molecule has 1 aromatic carbocycles. The van der Waals surface area contributed by atoms with Gasteiger partial charge < -0.3 is 10.5 Å². The van der Waals surface area contributed by atoms with Crippen LogP contribution >= 0.6 is 0 Å². The summed E-state index contributed by atoms with van der Waals surface area (Å²) >= 11 is 0. The van der Waals surface area contributed by atoms with Gasteiger partial charge in [0.05, 0.1) is 12.3 Å². The standard InChI is InChI=1S/C13H20N2O3S/c14-12-8-11(6-7-13(12)19(15,16)17)18-9-10-4-2-1-3-5-10/h6-8,10H,1-5,9,14H2,(H2,15,16,17). The molecule has 5 nitrogen and oxygen atoms in total. The maximum Gasteiger partial charge on any atom is 0.240 e. The molecule has 0 aliphatic heterocycles. The normalized spacial score (nSPS) is 17.3. The van der Waals surface area contributed by atoms with Crippen molar-refractivity contribution in [2.24, 2.45) is 11.1 Å². The molecule has 0 radical (unpaired) electrons. The van der Waals surface area contributed by atoms with Gasteiger partial charge in [0.15, 0.2) is 0 Å². The van der Waals surface area contributed by atoms with Crippen LogP contribution in [0.15, 0.2) is 23.1 Å². The smallest absolute Gasteiger partial charge is 0.240 e. The molecule has 0 spiro atoms. The zero-order chi connectivity index (χ0) is 13.9. The van der Waals surface area contributed by atoms with Crippen molar-refractivity contribution < 1.29 is 13.2 Å². The number of hydrogen-bond acceptors (Lipinski definition) is 4. The maximum atomic E-state index is 11.2. The van der Waals surface area contributed by atoms with Gasteiger partial charge in [-0.05, 0) is 30.9 Å². The number of benzene rings is 1. The first kappa shape index (κ1) is 14.1. The largest absolute Gasteiger partial charge is 0.493 e. The summed E-state index contributed by atoms with van der Waals surface area (Å²) in [6.07, 6.45) is 6.24. The van der Waals surface area contributed by atoms with E-state index in [9.17, 15) is 8.42 Å². The lowest BCUT2D eigenvalue weighted by Gasteiger charge is -2.21. The molecule has 106 valence electrons. The van der Waals surface area contributed by atoms with Crippen molar-refractivity contribution in [3.63, 3.8) is 0 Å². The summed E-state index contributed by atoms with van der Waals surface area (Å²) < 4.78 is 28.1. The molecule has 2 rings (SSSR count). The first-order valence-corrected chi connectivity index (χ1v) is 8.06. The van der Waals surface area contributed by atoms with E-state index in [0.29, 0.717) is 18.3 Å². The number of primary sulfonamides is 1. The van der Waals surface area contributed by atoms with Crippen LogP contribution in [0.1, 0.15) is 32.1 Å². The van der Waals surface area contributed by atoms with Gasteiger partial charge in [-0.25, -0.2) is 13.6 Å². The lowest BCUT2D eigenvalue weighted by molar-refractivity contribution is 0.209. The Morgan fingerprint density at radius 3 is 2.47 bits per heavy atom. The Bertz CT molecular complexity index is 537. The van der Waals surface area contributed by atoms with E-state index in [1.807, 2.05) is 0 Å². The molecule has 0 bridgehead atoms. The number of rotatable bonds is 4. The molecule has 1 saturated carbocycles. The fourth-order valence-corrected chi connectivity index (χ4v) is 3.09. The number of nitrogen functional groups attached to an aromatic ring is 1. The fraction of sp³-hybridized carbons (Fsp3) is 0.538. The molecule has 6 heteroatoms. The average Bonchev–Trinajstić information content (AvgIpc) is 2.36. The Morgan fingerprint density at radius 2 is 1.89 bits per heavy atom. The minimum atomic E-state index is -3.77. The Morgan fingerprint density at radius 1 is 1.21 bits per heavy atom. The van der Waals surface area contributed by atoms with Crippen LogP contribution in [0.2, 0.25) is 0 Å². The predicted molar refractivity (Wildman–Crippen MR) is 74.3 cm³/mol. The van der Waals surface area contributed by atoms with Gasteiger partial charge in [-0.15, -0.1) is 0 Å². The summed E-state index contributed by atoms with van der Waals surface area (Å²) in [6, 6.07) is 4.50. The Labute approximate surface area is 114 Å². The van der Waals surface area contributed by atoms with Crippen LogP contribution in [0, 0.1) is 5.92 Å². The van der Waals surface area contributed by atoms with Crippen LogP contribution in [0.3, 0.4) is 0 Å². The second kappa shape index (κ2) is 5.79. The van der Waals surface area contributed by atoms with Crippen molar-refractivity contribution in [3.8, 4) is 5.75 Å². The third-order valence-corrected chi connectivity index (χ3v) is 4.48. The van der Waals surface area contributed by atoms with Crippen LogP contribution < -0.4 is 15.6 Å². The lowest BCUT2D eigenvalue weighted by Crippen LogP contribution is -2.16. The number of ether oxygens (including phenoxy) is 1. The van der Waals surface area contributed by atoms with Crippen molar-refractivity contribution in [2.45, 2.75) is 37.0 Å². The predicted octanol–water partition coefficient (Wildman–Crippen LogP) is 1.88. The van der Waals surface area contributed by atoms with Gasteiger partial charge in [-0.1, -0.05) is 19.3 Å². The quantitative estimate of drug-likeness (QED) is 0.825. The minimum Gasteiger partial charge on any atom is -0.493 e. The summed E-state index contributed by atoms with van der Waals surface area (Å²) in [5.41, 5.74) is 5.81. The molecule has 0 atom stereocenters. The third-order valence-electron chi connectivity index (χ3n) is 3.50. The van der Waals surface area contributed by atoms with Crippen LogP contribution in [-0.4, -0.2) is 15.0 Å². The molecule has 4 N–H and O–H groups in total. The highest BCUT2D eigenvalue weighted by atomic mass is 32.2. The van der Waals surface area contributed by atoms with E-state index in [1.165, 1.54) is 44.2 Å². The van der Waals surface area contributed by atoms with E-state index < -0.39 is 10.0 Å². The van der Waals surface area contributed by atoms with E-state index in [-0.39, 0.29) is 10.6 Å². The maximum absolute atomic E-state index is 11.2. The molecule has 0 aromatic heterocycles. The summed E-state index contributed by atoms with van der Waals surface area (Å²) in [4.78, 5) is -0.0579. The van der Waals surface area contributed by atoms with E-state index in [0.717, 1.165) is 0 Å². The highest BCUT2D eigenvalue weighted by Crippen LogP contribution is 2.26. The summed E-state index contributed by atoms with van der Waals surface area (Å²) in [5, 5.41) is 5.05. The van der Waals surface area contributed by atoms with Gasteiger partial charge in [-0.3, -0.25) is 0 Å². The van der Waals surface area contributed by atoms with Gasteiger partial charge in [0.2, 0.25) is 10.0 Å². The molecule has 0 saturated heterocycles. The molecule has 19 heavy (non-hydrogen) atoms. The molecule has 1 fully saturated rings. The van der Waals surface area contributed by atoms with E-state index in [2.05, 4.69) is 0 Å². The highest BCUT2D eigenvalue weighted by Gasteiger charge is 2.15. The first-order valence-electron chi connectivity index (χ1n) is 6.52. The van der Waals surface area contributed by atoms with Gasteiger partial charge in [0, 0.05) is 6.07 Å². The molecule has 1 aromatic rings. The molecular weight excluding hydrogens is 264 g/mol. The second-order valence-corrected chi connectivity index (χ2v) is 6.59. The zero-order valence-electron chi connectivity index (χ0n) is 10.8. The average molecular weight is 284 g/mol. The van der Waals surface area contributed by atoms with E-state index in [1.54, 1.807) is 6.07 Å². The third kappa shape index (κ3) is 3.84. The highest BCUT2D eigenvalue weighted by molar-refractivity contribution is 7.89. The number of anilines is 1. The Hall–Kier alpha value is -1.27. The summed E-state index contributed by atoms with van der Waals surface area (Å²) in [7, 11) is -3.77. The Balaban J connectivity index is 2.00. The monoisotopic (exact) mass is 284 g/mol. The van der Waals surface area contributed by atoms with Gasteiger partial charge >= 0.3 is 0 Å². The van der Waals surface area contributed by atoms with Crippen molar-refractivity contribution in [3.05, 3.63) is 18.2 Å². The zero-order valence-corrected chi connectivity index (χ0v) is 11.7. The van der Waals surface area contributed by atoms with Crippen LogP contribution in [0.5, 0.6) is 5.75 Å². The fourth-order valence-electron chi connectivity index (χ4n) is 2.44. The minimum absolute atomic E-state index is 0.0579. The molecular formula is C13H20N2O3S. The van der Waals surface area contributed by atoms with Gasteiger partial charge in [0.25, 0.3) is 0 Å².